The molecular weight excluding hydrogens is 266 g/mol. The van der Waals surface area contributed by atoms with Gasteiger partial charge in [-0.05, 0) is 12.1 Å². The van der Waals surface area contributed by atoms with Gasteiger partial charge >= 0.3 is 0 Å². The van der Waals surface area contributed by atoms with Crippen LogP contribution in [-0.4, -0.2) is 37.1 Å². The maximum Gasteiger partial charge on any atom is 0.284 e. The highest BCUT2D eigenvalue weighted by Gasteiger charge is 2.18. The zero-order chi connectivity index (χ0) is 13.1. The van der Waals surface area contributed by atoms with Gasteiger partial charge in [-0.25, -0.2) is 8.42 Å². The van der Waals surface area contributed by atoms with Gasteiger partial charge in [-0.3, -0.25) is 10.1 Å². The molecule has 8 heteroatoms. The van der Waals surface area contributed by atoms with E-state index in [9.17, 15) is 18.5 Å². The Kier molecular flexibility index (Phi) is 4.49. The molecule has 0 spiro atoms. The minimum Gasteiger partial charge on any atom is -0.396 e. The fraction of sp³-hybridized carbons (Fsp3) is 0.333. The van der Waals surface area contributed by atoms with Crippen LogP contribution in [0.5, 0.6) is 0 Å². The molecule has 1 N–H and O–H groups in total. The molecular formula is C9H11NO5S2. The third kappa shape index (κ3) is 3.69. The monoisotopic (exact) mass is 277 g/mol. The number of aliphatic hydroxyl groups is 1. The molecule has 0 radical (unpaired) electrons. The van der Waals surface area contributed by atoms with E-state index in [1.807, 2.05) is 0 Å². The largest absolute Gasteiger partial charge is 0.396 e. The number of benzene rings is 1. The minimum absolute atomic E-state index is 0.0856. The molecule has 0 aliphatic heterocycles. The van der Waals surface area contributed by atoms with E-state index in [1.54, 1.807) is 0 Å². The molecule has 0 aliphatic carbocycles. The molecule has 0 unspecified atom stereocenters. The van der Waals surface area contributed by atoms with Gasteiger partial charge in [0.05, 0.1) is 21.3 Å². The molecule has 1 aromatic rings. The number of thioether (sulfide) groups is 1. The predicted octanol–water partition coefficient (Wildman–Crippen LogP) is 1.08. The molecule has 0 aliphatic rings. The maximum absolute atomic E-state index is 11.3. The average Bonchev–Trinajstić information content (AvgIpc) is 2.24. The topological polar surface area (TPSA) is 97.5 Å². The summed E-state index contributed by atoms with van der Waals surface area (Å²) in [5.74, 6) is 0.319. The molecule has 0 bridgehead atoms. The highest BCUT2D eigenvalue weighted by atomic mass is 32.2. The molecule has 94 valence electrons. The van der Waals surface area contributed by atoms with Gasteiger partial charge in [0.1, 0.15) is 0 Å². The SMILES string of the molecule is CS(=O)(=O)c1ccc(SCCO)c([N+](=O)[O-])c1. The molecule has 0 fully saturated rings. The second-order valence-electron chi connectivity index (χ2n) is 3.23. The smallest absolute Gasteiger partial charge is 0.284 e. The Morgan fingerprint density at radius 2 is 2.12 bits per heavy atom. The normalized spacial score (nSPS) is 11.4. The summed E-state index contributed by atoms with van der Waals surface area (Å²) in [6, 6.07) is 3.74. The Morgan fingerprint density at radius 3 is 2.59 bits per heavy atom. The lowest BCUT2D eigenvalue weighted by molar-refractivity contribution is -0.388. The van der Waals surface area contributed by atoms with Crippen molar-refractivity contribution in [1.82, 2.24) is 0 Å². The van der Waals surface area contributed by atoms with Crippen molar-refractivity contribution in [3.63, 3.8) is 0 Å². The van der Waals surface area contributed by atoms with Crippen LogP contribution in [0.4, 0.5) is 5.69 Å². The second kappa shape index (κ2) is 5.48. The summed E-state index contributed by atoms with van der Waals surface area (Å²) >= 11 is 1.11. The van der Waals surface area contributed by atoms with Gasteiger partial charge in [-0.15, -0.1) is 11.8 Å². The van der Waals surface area contributed by atoms with E-state index < -0.39 is 14.8 Å². The zero-order valence-corrected chi connectivity index (χ0v) is 10.6. The fourth-order valence-corrected chi connectivity index (χ4v) is 2.55. The lowest BCUT2D eigenvalue weighted by Gasteiger charge is -2.03. The lowest BCUT2D eigenvalue weighted by Crippen LogP contribution is -2.00. The number of hydrogen-bond donors (Lipinski definition) is 1. The third-order valence-electron chi connectivity index (χ3n) is 1.90. The van der Waals surface area contributed by atoms with Crippen molar-refractivity contribution in [3.05, 3.63) is 28.3 Å². The third-order valence-corrected chi connectivity index (χ3v) is 4.06. The molecule has 0 heterocycles. The van der Waals surface area contributed by atoms with Crippen LogP contribution in [0.1, 0.15) is 0 Å². The Hall–Kier alpha value is -1.12. The van der Waals surface area contributed by atoms with E-state index in [2.05, 4.69) is 0 Å². The van der Waals surface area contributed by atoms with Crippen LogP contribution in [0, 0.1) is 10.1 Å². The van der Waals surface area contributed by atoms with Crippen molar-refractivity contribution in [3.8, 4) is 0 Å². The fourth-order valence-electron chi connectivity index (χ4n) is 1.15. The van der Waals surface area contributed by atoms with Gasteiger partial charge in [0.2, 0.25) is 0 Å². The number of aliphatic hydroxyl groups excluding tert-OH is 1. The minimum atomic E-state index is -3.46. The van der Waals surface area contributed by atoms with Crippen LogP contribution in [-0.2, 0) is 9.84 Å². The number of rotatable bonds is 5. The number of nitro groups is 1. The molecule has 1 rings (SSSR count). The first kappa shape index (κ1) is 13.9. The highest BCUT2D eigenvalue weighted by Crippen LogP contribution is 2.31. The standard InChI is InChI=1S/C9H11NO5S2/c1-17(14,15)7-2-3-9(16-5-4-11)8(6-7)10(12)13/h2-3,6,11H,4-5H2,1H3. The Morgan fingerprint density at radius 1 is 1.47 bits per heavy atom. The number of nitro benzene ring substituents is 1. The van der Waals surface area contributed by atoms with E-state index >= 15 is 0 Å². The summed E-state index contributed by atoms with van der Waals surface area (Å²) in [5.41, 5.74) is -0.258. The predicted molar refractivity (Wildman–Crippen MR) is 64.0 cm³/mol. The molecule has 0 aromatic heterocycles. The first-order valence-electron chi connectivity index (χ1n) is 4.58. The summed E-state index contributed by atoms with van der Waals surface area (Å²) in [4.78, 5) is 10.4. The summed E-state index contributed by atoms with van der Waals surface area (Å²) in [7, 11) is -3.46. The molecule has 17 heavy (non-hydrogen) atoms. The van der Waals surface area contributed by atoms with Crippen molar-refractivity contribution >= 4 is 27.3 Å². The van der Waals surface area contributed by atoms with Gasteiger partial charge in [-0.1, -0.05) is 0 Å². The highest BCUT2D eigenvalue weighted by molar-refractivity contribution is 7.99. The Balaban J connectivity index is 3.22. The number of hydrogen-bond acceptors (Lipinski definition) is 6. The van der Waals surface area contributed by atoms with Crippen LogP contribution in [0.15, 0.2) is 28.0 Å². The molecule has 1 aromatic carbocycles. The maximum atomic E-state index is 11.3. The summed E-state index contributed by atoms with van der Waals surface area (Å²) in [6.07, 6.45) is 0.993. The van der Waals surface area contributed by atoms with E-state index in [-0.39, 0.29) is 17.2 Å². The summed E-state index contributed by atoms with van der Waals surface area (Å²) in [6.45, 7) is -0.102. The van der Waals surface area contributed by atoms with E-state index in [4.69, 9.17) is 5.11 Å². The Bertz CT molecular complexity index is 526. The van der Waals surface area contributed by atoms with Gasteiger partial charge in [0.15, 0.2) is 9.84 Å². The number of sulfone groups is 1. The van der Waals surface area contributed by atoms with Crippen molar-refractivity contribution in [2.24, 2.45) is 0 Å². The first-order chi connectivity index (χ1) is 7.86. The van der Waals surface area contributed by atoms with Gasteiger partial charge < -0.3 is 5.11 Å². The lowest BCUT2D eigenvalue weighted by atomic mass is 10.3. The number of nitrogens with zero attached hydrogens (tertiary/aromatic N) is 1. The molecule has 0 saturated carbocycles. The van der Waals surface area contributed by atoms with Gasteiger partial charge in [-0.2, -0.15) is 0 Å². The summed E-state index contributed by atoms with van der Waals surface area (Å²) < 4.78 is 22.5. The molecule has 0 atom stereocenters. The molecule has 6 nitrogen and oxygen atoms in total. The van der Waals surface area contributed by atoms with Crippen LogP contribution in [0.25, 0.3) is 0 Å². The van der Waals surface area contributed by atoms with Crippen LogP contribution in [0.3, 0.4) is 0 Å². The van der Waals surface area contributed by atoms with Crippen LogP contribution < -0.4 is 0 Å². The van der Waals surface area contributed by atoms with Crippen molar-refractivity contribution in [1.29, 1.82) is 0 Å². The second-order valence-corrected chi connectivity index (χ2v) is 6.38. The summed E-state index contributed by atoms with van der Waals surface area (Å²) in [5, 5.41) is 19.5. The zero-order valence-electron chi connectivity index (χ0n) is 8.99. The Labute approximate surface area is 103 Å². The van der Waals surface area contributed by atoms with E-state index in [0.717, 1.165) is 24.1 Å². The average molecular weight is 277 g/mol. The van der Waals surface area contributed by atoms with Crippen LogP contribution >= 0.6 is 11.8 Å². The van der Waals surface area contributed by atoms with Crippen LogP contribution in [0.2, 0.25) is 0 Å². The molecule has 0 amide bonds. The van der Waals surface area contributed by atoms with Gasteiger partial charge in [0.25, 0.3) is 5.69 Å². The van der Waals surface area contributed by atoms with Crippen molar-refractivity contribution < 1.29 is 18.4 Å². The molecule has 0 saturated heterocycles. The first-order valence-corrected chi connectivity index (χ1v) is 7.46. The van der Waals surface area contributed by atoms with Crippen molar-refractivity contribution in [2.75, 3.05) is 18.6 Å². The quantitative estimate of drug-likeness (QED) is 0.491. The van der Waals surface area contributed by atoms with E-state index in [0.29, 0.717) is 10.6 Å². The van der Waals surface area contributed by atoms with E-state index in [1.165, 1.54) is 12.1 Å². The van der Waals surface area contributed by atoms with Crippen molar-refractivity contribution in [2.45, 2.75) is 9.79 Å². The van der Waals surface area contributed by atoms with Gasteiger partial charge in [0, 0.05) is 18.1 Å².